The van der Waals surface area contributed by atoms with Crippen molar-refractivity contribution >= 4 is 15.9 Å². The third kappa shape index (κ3) is 7.96. The van der Waals surface area contributed by atoms with E-state index < -0.39 is 10.0 Å². The summed E-state index contributed by atoms with van der Waals surface area (Å²) in [6.07, 6.45) is 7.09. The maximum absolute atomic E-state index is 13.7. The first-order chi connectivity index (χ1) is 22.0. The molecule has 2 heterocycles. The molecule has 1 unspecified atom stereocenters. The van der Waals surface area contributed by atoms with Crippen LogP contribution in [0, 0.1) is 19.8 Å². The number of likely N-dealkylation sites (N-methyl/N-ethyl adjacent to an activating group) is 2. The second-order valence-corrected chi connectivity index (χ2v) is 15.7. The molecule has 2 saturated heterocycles. The summed E-state index contributed by atoms with van der Waals surface area (Å²) in [6.45, 7) is 9.43. The van der Waals surface area contributed by atoms with Gasteiger partial charge in [0.05, 0.1) is 18.6 Å². The summed E-state index contributed by atoms with van der Waals surface area (Å²) in [5.41, 5.74) is 2.93. The van der Waals surface area contributed by atoms with Crippen LogP contribution in [0.25, 0.3) is 0 Å². The van der Waals surface area contributed by atoms with Gasteiger partial charge in [0.15, 0.2) is 0 Å². The minimum atomic E-state index is -3.70. The van der Waals surface area contributed by atoms with Gasteiger partial charge >= 0.3 is 0 Å². The van der Waals surface area contributed by atoms with Crippen molar-refractivity contribution in [2.24, 2.45) is 5.92 Å². The monoisotopic (exact) mass is 654 g/mol. The van der Waals surface area contributed by atoms with Crippen molar-refractivity contribution in [3.05, 3.63) is 59.2 Å². The lowest BCUT2D eigenvalue weighted by Gasteiger charge is -2.51. The van der Waals surface area contributed by atoms with Crippen molar-refractivity contribution in [3.63, 3.8) is 0 Å². The van der Waals surface area contributed by atoms with Gasteiger partial charge in [-0.15, -0.1) is 0 Å². The topological polar surface area (TPSA) is 82.6 Å². The molecule has 1 atom stereocenters. The first kappa shape index (κ1) is 34.8. The smallest absolute Gasteiger partial charge is 0.248 e. The summed E-state index contributed by atoms with van der Waals surface area (Å²) in [5.74, 6) is 1.07. The molecule has 5 rings (SSSR count). The number of piperazine rings is 1. The largest absolute Gasteiger partial charge is 0.497 e. The highest BCUT2D eigenvalue weighted by Crippen LogP contribution is 2.40. The molecule has 3 fully saturated rings. The van der Waals surface area contributed by atoms with Crippen molar-refractivity contribution in [1.82, 2.24) is 19.0 Å². The maximum atomic E-state index is 13.7. The fourth-order valence-electron chi connectivity index (χ4n) is 7.99. The molecule has 2 aliphatic heterocycles. The van der Waals surface area contributed by atoms with Crippen LogP contribution in [0.5, 0.6) is 5.75 Å². The molecule has 0 N–H and O–H groups in total. The third-order valence-electron chi connectivity index (χ3n) is 10.6. The van der Waals surface area contributed by atoms with Gasteiger partial charge in [0, 0.05) is 57.9 Å². The van der Waals surface area contributed by atoms with Crippen LogP contribution in [0.3, 0.4) is 0 Å². The molecule has 254 valence electrons. The molecule has 10 heteroatoms. The molecular weight excluding hydrogens is 600 g/mol. The van der Waals surface area contributed by atoms with E-state index in [-0.39, 0.29) is 30.7 Å². The molecule has 1 saturated carbocycles. The number of sulfonamides is 1. The average Bonchev–Trinajstić information content (AvgIpc) is 3.52. The van der Waals surface area contributed by atoms with Gasteiger partial charge in [-0.1, -0.05) is 30.3 Å². The summed E-state index contributed by atoms with van der Waals surface area (Å²) < 4.78 is 40.2. The SMILES string of the molecule is COc1cc(C)c(S(=O)(=O)N2CCCC2COCC(=O)N(C)CC2CCC(Cc3ccccc3)(N3CCN(C)CC3)CC2)c(C)c1. The number of carbonyl (C=O) groups excluding carboxylic acids is 1. The maximum Gasteiger partial charge on any atom is 0.248 e. The number of ether oxygens (including phenoxy) is 2. The van der Waals surface area contributed by atoms with Gasteiger partial charge < -0.3 is 19.3 Å². The molecule has 0 radical (unpaired) electrons. The molecule has 0 spiro atoms. The van der Waals surface area contributed by atoms with Crippen LogP contribution in [0.4, 0.5) is 0 Å². The van der Waals surface area contributed by atoms with Gasteiger partial charge in [0.25, 0.3) is 0 Å². The number of amides is 1. The van der Waals surface area contributed by atoms with E-state index in [1.54, 1.807) is 37.4 Å². The predicted octanol–water partition coefficient (Wildman–Crippen LogP) is 4.36. The molecular formula is C36H54N4O5S. The van der Waals surface area contributed by atoms with Crippen LogP contribution < -0.4 is 4.74 Å². The number of carbonyl (C=O) groups is 1. The standard InChI is InChI=1S/C36H54N4O5S/c1-28-22-33(44-5)23-29(2)35(28)46(42,43)40-17-9-12-32(40)26-45-27-34(41)38(4)25-31-13-15-36(16-14-31,24-30-10-7-6-8-11-30)39-20-18-37(3)19-21-39/h6-8,10-11,22-23,31-32H,9,12-21,24-27H2,1-5H3. The Balaban J connectivity index is 1.12. The van der Waals surface area contributed by atoms with E-state index >= 15 is 0 Å². The Morgan fingerprint density at radius 1 is 0.978 bits per heavy atom. The number of hydrogen-bond donors (Lipinski definition) is 0. The molecule has 0 aromatic heterocycles. The van der Waals surface area contributed by atoms with Gasteiger partial charge in [-0.3, -0.25) is 9.69 Å². The molecule has 9 nitrogen and oxygen atoms in total. The number of hydrogen-bond acceptors (Lipinski definition) is 7. The predicted molar refractivity (Wildman–Crippen MR) is 182 cm³/mol. The van der Waals surface area contributed by atoms with Gasteiger partial charge in [0.1, 0.15) is 12.4 Å². The van der Waals surface area contributed by atoms with E-state index in [0.717, 1.165) is 77.7 Å². The Bertz CT molecular complexity index is 1400. The lowest BCUT2D eigenvalue weighted by Crippen LogP contribution is -2.59. The van der Waals surface area contributed by atoms with E-state index in [0.29, 0.717) is 34.2 Å². The first-order valence-electron chi connectivity index (χ1n) is 17.0. The Kier molecular flexibility index (Phi) is 11.5. The Labute approximate surface area is 276 Å². The second kappa shape index (κ2) is 15.2. The van der Waals surface area contributed by atoms with E-state index in [1.807, 2.05) is 11.9 Å². The zero-order valence-electron chi connectivity index (χ0n) is 28.5. The quantitative estimate of drug-likeness (QED) is 0.337. The highest BCUT2D eigenvalue weighted by atomic mass is 32.2. The zero-order chi connectivity index (χ0) is 32.9. The lowest BCUT2D eigenvalue weighted by atomic mass is 9.72. The average molecular weight is 655 g/mol. The van der Waals surface area contributed by atoms with Gasteiger partial charge in [0.2, 0.25) is 15.9 Å². The van der Waals surface area contributed by atoms with Crippen molar-refractivity contribution in [3.8, 4) is 5.75 Å². The molecule has 46 heavy (non-hydrogen) atoms. The summed E-state index contributed by atoms with van der Waals surface area (Å²) in [7, 11) is 1.96. The molecule has 0 bridgehead atoms. The van der Waals surface area contributed by atoms with Crippen LogP contribution >= 0.6 is 0 Å². The summed E-state index contributed by atoms with van der Waals surface area (Å²) >= 11 is 0. The van der Waals surface area contributed by atoms with Crippen LogP contribution in [-0.2, 0) is 26.0 Å². The van der Waals surface area contributed by atoms with E-state index in [2.05, 4.69) is 47.2 Å². The lowest BCUT2D eigenvalue weighted by molar-refractivity contribution is -0.136. The fraction of sp³-hybridized carbons (Fsp3) is 0.639. The minimum Gasteiger partial charge on any atom is -0.497 e. The number of methoxy groups -OCH3 is 1. The van der Waals surface area contributed by atoms with E-state index in [9.17, 15) is 13.2 Å². The highest BCUT2D eigenvalue weighted by molar-refractivity contribution is 7.89. The number of rotatable bonds is 12. The van der Waals surface area contributed by atoms with Crippen molar-refractivity contribution in [1.29, 1.82) is 0 Å². The number of aryl methyl sites for hydroxylation is 2. The van der Waals surface area contributed by atoms with Crippen LogP contribution in [0.1, 0.15) is 55.2 Å². The molecule has 3 aliphatic rings. The van der Waals surface area contributed by atoms with E-state index in [4.69, 9.17) is 9.47 Å². The normalized spacial score (nSPS) is 25.1. The zero-order valence-corrected chi connectivity index (χ0v) is 29.4. The van der Waals surface area contributed by atoms with Crippen molar-refractivity contribution < 1.29 is 22.7 Å². The molecule has 1 aliphatic carbocycles. The van der Waals surface area contributed by atoms with Crippen molar-refractivity contribution in [2.75, 3.05) is 73.7 Å². The highest BCUT2D eigenvalue weighted by Gasteiger charge is 2.42. The molecule has 2 aromatic rings. The summed E-state index contributed by atoms with van der Waals surface area (Å²) in [4.78, 5) is 20.5. The Morgan fingerprint density at radius 3 is 2.26 bits per heavy atom. The van der Waals surface area contributed by atoms with Gasteiger partial charge in [-0.2, -0.15) is 4.31 Å². The molecule has 2 aromatic carbocycles. The Hall–Kier alpha value is -2.50. The van der Waals surface area contributed by atoms with Gasteiger partial charge in [-0.05, 0) is 101 Å². The third-order valence-corrected chi connectivity index (χ3v) is 12.9. The summed E-state index contributed by atoms with van der Waals surface area (Å²) in [6, 6.07) is 14.1. The van der Waals surface area contributed by atoms with Crippen LogP contribution in [0.2, 0.25) is 0 Å². The first-order valence-corrected chi connectivity index (χ1v) is 18.4. The number of benzene rings is 2. The van der Waals surface area contributed by atoms with Crippen LogP contribution in [0.15, 0.2) is 47.4 Å². The van der Waals surface area contributed by atoms with Gasteiger partial charge in [-0.25, -0.2) is 8.42 Å². The Morgan fingerprint density at radius 2 is 1.63 bits per heavy atom. The summed E-state index contributed by atoms with van der Waals surface area (Å²) in [5, 5.41) is 0. The van der Waals surface area contributed by atoms with Crippen molar-refractivity contribution in [2.45, 2.75) is 75.3 Å². The minimum absolute atomic E-state index is 0.0343. The van der Waals surface area contributed by atoms with E-state index in [1.165, 1.54) is 5.56 Å². The fourth-order valence-corrected chi connectivity index (χ4v) is 10.1. The molecule has 1 amide bonds. The second-order valence-electron chi connectivity index (χ2n) is 13.9. The number of nitrogens with zero attached hydrogens (tertiary/aromatic N) is 4. The van der Waals surface area contributed by atoms with Crippen LogP contribution in [-0.4, -0.2) is 119 Å².